The van der Waals surface area contributed by atoms with E-state index in [4.69, 9.17) is 10.0 Å². The highest BCUT2D eigenvalue weighted by Gasteiger charge is 1.89. The van der Waals surface area contributed by atoms with Crippen LogP contribution in [0.1, 0.15) is 0 Å². The topological polar surface area (TPSA) is 63.5 Å². The molecule has 2 N–H and O–H groups in total. The van der Waals surface area contributed by atoms with Gasteiger partial charge >= 0.3 is 7.12 Å². The highest BCUT2D eigenvalue weighted by molar-refractivity contribution is 6.46. The molecule has 7 heavy (non-hydrogen) atoms. The van der Waals surface area contributed by atoms with Gasteiger partial charge in [0.05, 0.1) is 0 Å². The van der Waals surface area contributed by atoms with Crippen molar-refractivity contribution >= 4 is 7.12 Å². The SMILES string of the molecule is [O-]C=C[CH-]B(O)O. The Labute approximate surface area is 42.1 Å². The van der Waals surface area contributed by atoms with Gasteiger partial charge in [-0.1, -0.05) is 0 Å². The van der Waals surface area contributed by atoms with Crippen molar-refractivity contribution in [2.45, 2.75) is 0 Å². The molecule has 0 atom stereocenters. The van der Waals surface area contributed by atoms with Crippen molar-refractivity contribution in [1.29, 1.82) is 0 Å². The zero-order chi connectivity index (χ0) is 5.70. The van der Waals surface area contributed by atoms with Gasteiger partial charge in [-0.2, -0.15) is 6.32 Å². The van der Waals surface area contributed by atoms with E-state index in [1.54, 1.807) is 0 Å². The second-order valence-electron chi connectivity index (χ2n) is 0.935. The molecular weight excluding hydrogens is 94.8 g/mol. The van der Waals surface area contributed by atoms with E-state index in [1.807, 2.05) is 0 Å². The summed E-state index contributed by atoms with van der Waals surface area (Å²) in [6.45, 7) is 0. The van der Waals surface area contributed by atoms with E-state index < -0.39 is 7.12 Å². The first kappa shape index (κ1) is 6.39. The van der Waals surface area contributed by atoms with Gasteiger partial charge in [0.2, 0.25) is 0 Å². The summed E-state index contributed by atoms with van der Waals surface area (Å²) < 4.78 is 0. The molecule has 0 spiro atoms. The van der Waals surface area contributed by atoms with Gasteiger partial charge in [-0.05, 0) is 0 Å². The van der Waals surface area contributed by atoms with Crippen molar-refractivity contribution in [2.75, 3.05) is 0 Å². The Hall–Kier alpha value is -0.605. The van der Waals surface area contributed by atoms with Crippen LogP contribution in [0.25, 0.3) is 0 Å². The molecule has 0 heterocycles. The predicted octanol–water partition coefficient (Wildman–Crippen LogP) is -1.92. The van der Waals surface area contributed by atoms with Gasteiger partial charge in [-0.15, -0.1) is 0 Å². The average molecular weight is 99.9 g/mol. The van der Waals surface area contributed by atoms with Gasteiger partial charge in [0, 0.05) is 0 Å². The molecule has 3 nitrogen and oxygen atoms in total. The lowest BCUT2D eigenvalue weighted by Crippen LogP contribution is -2.10. The fraction of sp³-hybridized carbons (Fsp3) is 0. The van der Waals surface area contributed by atoms with E-state index >= 15 is 0 Å². The Bertz CT molecular complexity index is 61.2. The van der Waals surface area contributed by atoms with Gasteiger partial charge in [-0.25, -0.2) is 6.08 Å². The highest BCUT2D eigenvalue weighted by atomic mass is 16.4. The molecule has 0 saturated heterocycles. The molecule has 0 aromatic rings. The summed E-state index contributed by atoms with van der Waals surface area (Å²) in [5.41, 5.74) is 0. The molecule has 0 fully saturated rings. The molecule has 4 heteroatoms. The van der Waals surface area contributed by atoms with Gasteiger partial charge in [-0.3, -0.25) is 0 Å². The van der Waals surface area contributed by atoms with Crippen LogP contribution in [0.5, 0.6) is 0 Å². The van der Waals surface area contributed by atoms with Gasteiger partial charge in [0.15, 0.2) is 0 Å². The number of allylic oxidation sites excluding steroid dienone is 1. The third-order valence-corrected chi connectivity index (χ3v) is 0.362. The predicted molar refractivity (Wildman–Crippen MR) is 23.6 cm³/mol. The quantitative estimate of drug-likeness (QED) is 0.241. The van der Waals surface area contributed by atoms with Crippen molar-refractivity contribution in [2.24, 2.45) is 0 Å². The molecule has 0 aliphatic rings. The van der Waals surface area contributed by atoms with Gasteiger partial charge < -0.3 is 21.4 Å². The summed E-state index contributed by atoms with van der Waals surface area (Å²) in [6, 6.07) is 0. The Balaban J connectivity index is 2.97. The zero-order valence-corrected chi connectivity index (χ0v) is 3.61. The molecule has 0 saturated carbocycles. The first-order chi connectivity index (χ1) is 3.27. The smallest absolute Gasteiger partial charge is 0.374 e. The molecule has 0 aromatic carbocycles. The summed E-state index contributed by atoms with van der Waals surface area (Å²) in [7, 11) is -1.51. The van der Waals surface area contributed by atoms with Crippen molar-refractivity contribution in [3.05, 3.63) is 18.7 Å². The maximum atomic E-state index is 9.40. The molecular formula is C3H5BO3-2. The molecule has 0 rings (SSSR count). The minimum atomic E-state index is -1.51. The zero-order valence-electron chi connectivity index (χ0n) is 3.61. The minimum absolute atomic E-state index is 0.472. The van der Waals surface area contributed by atoms with E-state index in [0.717, 1.165) is 12.4 Å². The second kappa shape index (κ2) is 3.58. The number of hydrogen-bond donors (Lipinski definition) is 2. The molecule has 0 amide bonds. The van der Waals surface area contributed by atoms with Crippen LogP contribution in [0.4, 0.5) is 0 Å². The lowest BCUT2D eigenvalue weighted by molar-refractivity contribution is -0.274. The first-order valence-corrected chi connectivity index (χ1v) is 1.75. The lowest BCUT2D eigenvalue weighted by Gasteiger charge is -2.01. The Morgan fingerprint density at radius 1 is 1.57 bits per heavy atom. The molecule has 0 radical (unpaired) electrons. The van der Waals surface area contributed by atoms with Gasteiger partial charge in [0.1, 0.15) is 0 Å². The summed E-state index contributed by atoms with van der Waals surface area (Å²) in [6.07, 6.45) is 2.46. The summed E-state index contributed by atoms with van der Waals surface area (Å²) in [5.74, 6) is 0. The summed E-state index contributed by atoms with van der Waals surface area (Å²) in [4.78, 5) is 0. The van der Waals surface area contributed by atoms with E-state index in [-0.39, 0.29) is 0 Å². The monoisotopic (exact) mass is 100 g/mol. The molecule has 0 aliphatic heterocycles. The summed E-state index contributed by atoms with van der Waals surface area (Å²) in [5, 5.41) is 25.4. The maximum absolute atomic E-state index is 9.40. The second-order valence-corrected chi connectivity index (χ2v) is 0.935. The number of hydrogen-bond acceptors (Lipinski definition) is 3. The van der Waals surface area contributed by atoms with E-state index in [0.29, 0.717) is 6.26 Å². The largest absolute Gasteiger partial charge is 0.959 e. The first-order valence-electron chi connectivity index (χ1n) is 1.75. The van der Waals surface area contributed by atoms with Crippen LogP contribution in [-0.2, 0) is 0 Å². The molecule has 40 valence electrons. The van der Waals surface area contributed by atoms with Crippen LogP contribution in [-0.4, -0.2) is 17.2 Å². The maximum Gasteiger partial charge on any atom is 0.374 e. The van der Waals surface area contributed by atoms with Gasteiger partial charge in [0.25, 0.3) is 0 Å². The van der Waals surface area contributed by atoms with Crippen LogP contribution in [0.3, 0.4) is 0 Å². The van der Waals surface area contributed by atoms with Crippen molar-refractivity contribution in [1.82, 2.24) is 0 Å². The highest BCUT2D eigenvalue weighted by Crippen LogP contribution is 1.76. The van der Waals surface area contributed by atoms with Crippen LogP contribution in [0, 0.1) is 6.32 Å². The fourth-order valence-corrected chi connectivity index (χ4v) is 0.145. The van der Waals surface area contributed by atoms with Crippen LogP contribution in [0.2, 0.25) is 0 Å². The third-order valence-electron chi connectivity index (χ3n) is 0.362. The van der Waals surface area contributed by atoms with E-state index in [1.165, 1.54) is 0 Å². The van der Waals surface area contributed by atoms with E-state index in [9.17, 15) is 5.11 Å². The standard InChI is InChI=1S/C3H6BO3/c5-3-1-2-4(6)7/h1-3,5-7H/q-1/p-1. The third kappa shape index (κ3) is 5.39. The Kier molecular flexibility index (Phi) is 3.27. The van der Waals surface area contributed by atoms with Crippen molar-refractivity contribution in [3.8, 4) is 0 Å². The summed E-state index contributed by atoms with van der Waals surface area (Å²) >= 11 is 0. The molecule has 0 bridgehead atoms. The van der Waals surface area contributed by atoms with Crippen molar-refractivity contribution in [3.63, 3.8) is 0 Å². The lowest BCUT2D eigenvalue weighted by atomic mass is 9.87. The molecule has 0 aromatic heterocycles. The van der Waals surface area contributed by atoms with Crippen LogP contribution in [0.15, 0.2) is 12.3 Å². The van der Waals surface area contributed by atoms with Crippen LogP contribution < -0.4 is 5.11 Å². The normalized spacial score (nSPS) is 9.43. The average Bonchev–Trinajstić information content (AvgIpc) is 1.61. The molecule has 0 unspecified atom stereocenters. The van der Waals surface area contributed by atoms with Crippen molar-refractivity contribution < 1.29 is 15.2 Å². The fourth-order valence-electron chi connectivity index (χ4n) is 0.145. The minimum Gasteiger partial charge on any atom is -0.959 e. The Morgan fingerprint density at radius 3 is 2.29 bits per heavy atom. The Morgan fingerprint density at radius 2 is 2.14 bits per heavy atom. The number of rotatable bonds is 2. The molecule has 0 aliphatic carbocycles. The van der Waals surface area contributed by atoms with E-state index in [2.05, 4.69) is 0 Å². The van der Waals surface area contributed by atoms with Crippen LogP contribution >= 0.6 is 0 Å².